The van der Waals surface area contributed by atoms with Crippen LogP contribution >= 0.6 is 11.8 Å². The second-order valence-corrected chi connectivity index (χ2v) is 7.22. The van der Waals surface area contributed by atoms with E-state index in [4.69, 9.17) is 0 Å². The molecule has 0 aliphatic rings. The van der Waals surface area contributed by atoms with Crippen LogP contribution in [0.2, 0.25) is 0 Å². The van der Waals surface area contributed by atoms with E-state index in [1.54, 1.807) is 11.8 Å². The van der Waals surface area contributed by atoms with Gasteiger partial charge in [0.2, 0.25) is 5.91 Å². The quantitative estimate of drug-likeness (QED) is 0.909. The average Bonchev–Trinajstić information content (AvgIpc) is 2.77. The summed E-state index contributed by atoms with van der Waals surface area (Å²) >= 11 is 1.59. The fraction of sp³-hybridized carbons (Fsp3) is 0.467. The van der Waals surface area contributed by atoms with Gasteiger partial charge in [0.15, 0.2) is 0 Å². The number of hydrogen-bond acceptors (Lipinski definition) is 3. The lowest BCUT2D eigenvalue weighted by molar-refractivity contribution is -0.119. The Balaban J connectivity index is 1.95. The van der Waals surface area contributed by atoms with Gasteiger partial charge in [-0.3, -0.25) is 4.79 Å². The summed E-state index contributed by atoms with van der Waals surface area (Å²) in [5, 5.41) is 3.12. The number of hydrogen-bond donors (Lipinski definition) is 2. The lowest BCUT2D eigenvalue weighted by Gasteiger charge is -2.20. The van der Waals surface area contributed by atoms with Gasteiger partial charge in [-0.2, -0.15) is 0 Å². The first-order valence-electron chi connectivity index (χ1n) is 6.72. The van der Waals surface area contributed by atoms with Crippen LogP contribution in [0.1, 0.15) is 38.8 Å². The van der Waals surface area contributed by atoms with Gasteiger partial charge >= 0.3 is 0 Å². The highest BCUT2D eigenvalue weighted by Crippen LogP contribution is 2.27. The molecule has 1 atom stereocenters. The van der Waals surface area contributed by atoms with Crippen molar-refractivity contribution in [1.29, 1.82) is 0 Å². The molecule has 1 heterocycles. The number of benzene rings is 1. The zero-order valence-electron chi connectivity index (χ0n) is 12.4. The van der Waals surface area contributed by atoms with Crippen LogP contribution in [0.25, 0.3) is 11.0 Å². The van der Waals surface area contributed by atoms with E-state index in [2.05, 4.69) is 22.2 Å². The maximum Gasteiger partial charge on any atom is 0.230 e. The topological polar surface area (TPSA) is 57.8 Å². The number of thioether (sulfide) groups is 1. The van der Waals surface area contributed by atoms with Gasteiger partial charge in [-0.15, -0.1) is 11.8 Å². The predicted octanol–water partition coefficient (Wildman–Crippen LogP) is 3.27. The van der Waals surface area contributed by atoms with Crippen molar-refractivity contribution in [1.82, 2.24) is 15.3 Å². The molecule has 0 bridgehead atoms. The van der Waals surface area contributed by atoms with Crippen LogP contribution in [0.3, 0.4) is 0 Å². The Morgan fingerprint density at radius 2 is 2.10 bits per heavy atom. The number of H-pyrrole nitrogens is 1. The van der Waals surface area contributed by atoms with E-state index in [0.29, 0.717) is 5.75 Å². The SMILES string of the molecule is CC(SCC(=O)NC(C)(C)C)c1nc2ccccc2[nH]1. The molecule has 5 heteroatoms. The van der Waals surface area contributed by atoms with Crippen molar-refractivity contribution in [3.8, 4) is 0 Å². The van der Waals surface area contributed by atoms with Gasteiger partial charge in [0.05, 0.1) is 22.0 Å². The first kappa shape index (κ1) is 14.9. The number of rotatable bonds is 4. The molecular formula is C15H21N3OS. The van der Waals surface area contributed by atoms with Gasteiger partial charge in [-0.25, -0.2) is 4.98 Å². The van der Waals surface area contributed by atoms with Gasteiger partial charge in [0, 0.05) is 5.54 Å². The summed E-state index contributed by atoms with van der Waals surface area (Å²) in [6.07, 6.45) is 0. The van der Waals surface area contributed by atoms with Crippen LogP contribution in [0.5, 0.6) is 0 Å². The van der Waals surface area contributed by atoms with Crippen LogP contribution in [-0.2, 0) is 4.79 Å². The molecule has 1 unspecified atom stereocenters. The molecule has 0 fully saturated rings. The number of para-hydroxylation sites is 2. The molecule has 20 heavy (non-hydrogen) atoms. The molecule has 0 spiro atoms. The van der Waals surface area contributed by atoms with Crippen LogP contribution in [-0.4, -0.2) is 27.2 Å². The molecule has 0 saturated heterocycles. The lowest BCUT2D eigenvalue weighted by Crippen LogP contribution is -2.41. The zero-order valence-corrected chi connectivity index (χ0v) is 13.2. The van der Waals surface area contributed by atoms with Crippen molar-refractivity contribution in [2.75, 3.05) is 5.75 Å². The van der Waals surface area contributed by atoms with Crippen molar-refractivity contribution < 1.29 is 4.79 Å². The Morgan fingerprint density at radius 1 is 1.40 bits per heavy atom. The van der Waals surface area contributed by atoms with E-state index in [9.17, 15) is 4.79 Å². The maximum absolute atomic E-state index is 11.8. The average molecular weight is 291 g/mol. The number of nitrogens with zero attached hydrogens (tertiary/aromatic N) is 1. The minimum atomic E-state index is -0.180. The number of imidazole rings is 1. The highest BCUT2D eigenvalue weighted by atomic mass is 32.2. The molecule has 0 radical (unpaired) electrons. The highest BCUT2D eigenvalue weighted by Gasteiger charge is 2.16. The molecule has 2 aromatic rings. The standard InChI is InChI=1S/C15H21N3OS/c1-10(20-9-13(19)18-15(2,3)4)14-16-11-7-5-6-8-12(11)17-14/h5-8,10H,9H2,1-4H3,(H,16,17)(H,18,19). The summed E-state index contributed by atoms with van der Waals surface area (Å²) in [5.74, 6) is 1.42. The number of aromatic nitrogens is 2. The second-order valence-electron chi connectivity index (χ2n) is 5.89. The molecule has 0 aliphatic carbocycles. The monoisotopic (exact) mass is 291 g/mol. The van der Waals surface area contributed by atoms with E-state index in [1.165, 1.54) is 0 Å². The van der Waals surface area contributed by atoms with E-state index in [-0.39, 0.29) is 16.7 Å². The Morgan fingerprint density at radius 3 is 2.75 bits per heavy atom. The van der Waals surface area contributed by atoms with Crippen LogP contribution in [0.15, 0.2) is 24.3 Å². The summed E-state index contributed by atoms with van der Waals surface area (Å²) in [6.45, 7) is 8.02. The summed E-state index contributed by atoms with van der Waals surface area (Å²) in [5.41, 5.74) is 1.82. The zero-order chi connectivity index (χ0) is 14.8. The molecule has 1 aromatic carbocycles. The van der Waals surface area contributed by atoms with E-state index >= 15 is 0 Å². The first-order valence-corrected chi connectivity index (χ1v) is 7.77. The lowest BCUT2D eigenvalue weighted by atomic mass is 10.1. The third kappa shape index (κ3) is 4.00. The number of amides is 1. The van der Waals surface area contributed by atoms with Crippen molar-refractivity contribution >= 4 is 28.7 Å². The van der Waals surface area contributed by atoms with Crippen molar-refractivity contribution in [3.63, 3.8) is 0 Å². The van der Waals surface area contributed by atoms with E-state index < -0.39 is 0 Å². The molecule has 0 saturated carbocycles. The third-order valence-electron chi connectivity index (χ3n) is 2.77. The minimum absolute atomic E-state index is 0.0606. The fourth-order valence-corrected chi connectivity index (χ4v) is 2.64. The highest BCUT2D eigenvalue weighted by molar-refractivity contribution is 8.00. The van der Waals surface area contributed by atoms with Gasteiger partial charge in [-0.1, -0.05) is 12.1 Å². The smallest absolute Gasteiger partial charge is 0.230 e. The van der Waals surface area contributed by atoms with Crippen molar-refractivity contribution in [2.45, 2.75) is 38.5 Å². The third-order valence-corrected chi connectivity index (χ3v) is 3.92. The molecule has 4 nitrogen and oxygen atoms in total. The molecule has 108 valence electrons. The number of nitrogens with one attached hydrogen (secondary N) is 2. The molecule has 1 amide bonds. The maximum atomic E-state index is 11.8. The van der Waals surface area contributed by atoms with Gasteiger partial charge in [0.25, 0.3) is 0 Å². The van der Waals surface area contributed by atoms with Crippen LogP contribution in [0.4, 0.5) is 0 Å². The molecule has 2 rings (SSSR count). The number of fused-ring (bicyclic) bond motifs is 1. The summed E-state index contributed by atoms with van der Waals surface area (Å²) < 4.78 is 0. The normalized spacial score (nSPS) is 13.4. The molecule has 2 N–H and O–H groups in total. The van der Waals surface area contributed by atoms with E-state index in [0.717, 1.165) is 16.9 Å². The Hall–Kier alpha value is -1.49. The Bertz CT molecular complexity index is 567. The fourth-order valence-electron chi connectivity index (χ4n) is 1.90. The minimum Gasteiger partial charge on any atom is -0.351 e. The van der Waals surface area contributed by atoms with Gasteiger partial charge < -0.3 is 10.3 Å². The van der Waals surface area contributed by atoms with Gasteiger partial charge in [-0.05, 0) is 39.8 Å². The number of carbonyl (C=O) groups excluding carboxylic acids is 1. The number of carbonyl (C=O) groups is 1. The molecular weight excluding hydrogens is 270 g/mol. The van der Waals surface area contributed by atoms with Crippen molar-refractivity contribution in [2.24, 2.45) is 0 Å². The second kappa shape index (κ2) is 5.87. The van der Waals surface area contributed by atoms with Gasteiger partial charge in [0.1, 0.15) is 5.82 Å². The predicted molar refractivity (Wildman–Crippen MR) is 84.9 cm³/mol. The summed E-state index contributed by atoms with van der Waals surface area (Å²) in [7, 11) is 0. The molecule has 1 aromatic heterocycles. The number of aromatic amines is 1. The largest absolute Gasteiger partial charge is 0.351 e. The first-order chi connectivity index (χ1) is 9.35. The van der Waals surface area contributed by atoms with Crippen LogP contribution < -0.4 is 5.32 Å². The summed E-state index contributed by atoms with van der Waals surface area (Å²) in [6, 6.07) is 7.95. The van der Waals surface area contributed by atoms with Crippen LogP contribution in [0, 0.1) is 0 Å². The van der Waals surface area contributed by atoms with E-state index in [1.807, 2.05) is 45.0 Å². The Kier molecular flexibility index (Phi) is 4.38. The molecule has 0 aliphatic heterocycles. The summed E-state index contributed by atoms with van der Waals surface area (Å²) in [4.78, 5) is 19.7. The van der Waals surface area contributed by atoms with Crippen molar-refractivity contribution in [3.05, 3.63) is 30.1 Å². The Labute approximate surface area is 123 Å².